The third kappa shape index (κ3) is 4.61. The van der Waals surface area contributed by atoms with Gasteiger partial charge in [0.05, 0.1) is 0 Å². The largest absolute Gasteiger partial charge is 0.573 e. The van der Waals surface area contributed by atoms with Gasteiger partial charge in [-0.1, -0.05) is 0 Å². The van der Waals surface area contributed by atoms with Crippen molar-refractivity contribution in [1.82, 2.24) is 0 Å². The van der Waals surface area contributed by atoms with E-state index in [1.807, 2.05) is 0 Å². The lowest BCUT2D eigenvalue weighted by Gasteiger charge is -2.28. The summed E-state index contributed by atoms with van der Waals surface area (Å²) < 4.78 is 106. The van der Waals surface area contributed by atoms with Crippen molar-refractivity contribution in [2.75, 3.05) is 6.54 Å². The average Bonchev–Trinajstić information content (AvgIpc) is 2.34. The van der Waals surface area contributed by atoms with Crippen LogP contribution in [0, 0.1) is 0 Å². The van der Waals surface area contributed by atoms with E-state index < -0.39 is 42.6 Å². The summed E-state index contributed by atoms with van der Waals surface area (Å²) in [7, 11) is 0. The Morgan fingerprint density at radius 2 is 1.32 bits per heavy atom. The molecule has 2 N–H and O–H groups in total. The fourth-order valence-electron chi connectivity index (χ4n) is 1.34. The van der Waals surface area contributed by atoms with E-state index in [-0.39, 0.29) is 0 Å². The van der Waals surface area contributed by atoms with Gasteiger partial charge in [0.2, 0.25) is 0 Å². The monoisotopic (exact) mass is 339 g/mol. The van der Waals surface area contributed by atoms with Crippen LogP contribution in [0.1, 0.15) is 0 Å². The Morgan fingerprint density at radius 1 is 0.864 bits per heavy atom. The molecule has 0 aliphatic heterocycles. The number of rotatable bonds is 5. The molecule has 1 rings (SSSR count). The van der Waals surface area contributed by atoms with Gasteiger partial charge in [-0.3, -0.25) is 0 Å². The van der Waals surface area contributed by atoms with Crippen molar-refractivity contribution >= 4 is 0 Å². The maximum absolute atomic E-state index is 13.1. The maximum Gasteiger partial charge on any atom is 0.573 e. The number of benzene rings is 1. The number of halogens is 8. The van der Waals surface area contributed by atoms with Crippen LogP contribution in [-0.4, -0.2) is 31.1 Å². The smallest absolute Gasteiger partial charge is 0.482 e. The summed E-state index contributed by atoms with van der Waals surface area (Å²) in [6, 6.07) is 2.89. The Hall–Kier alpha value is -1.78. The first-order chi connectivity index (χ1) is 9.87. The molecule has 0 spiro atoms. The molecule has 0 radical (unpaired) electrons. The van der Waals surface area contributed by atoms with Crippen molar-refractivity contribution in [3.63, 3.8) is 0 Å². The summed E-state index contributed by atoms with van der Waals surface area (Å²) in [5, 5.41) is 0. The van der Waals surface area contributed by atoms with Crippen LogP contribution in [0.15, 0.2) is 24.3 Å². The number of alkyl halides is 8. The van der Waals surface area contributed by atoms with E-state index in [1.54, 1.807) is 0 Å². The van der Waals surface area contributed by atoms with Crippen LogP contribution in [0.3, 0.4) is 0 Å². The van der Waals surface area contributed by atoms with E-state index in [1.165, 1.54) is 0 Å². The SMILES string of the molecule is NCC(Oc1ccc(OC(F)(F)F)cc1)C(F)(F)C(F)(F)F. The van der Waals surface area contributed by atoms with Gasteiger partial charge in [0.25, 0.3) is 0 Å². The molecule has 0 heterocycles. The molecule has 22 heavy (non-hydrogen) atoms. The Morgan fingerprint density at radius 3 is 1.68 bits per heavy atom. The van der Waals surface area contributed by atoms with E-state index in [2.05, 4.69) is 9.47 Å². The summed E-state index contributed by atoms with van der Waals surface area (Å²) >= 11 is 0. The van der Waals surface area contributed by atoms with Crippen LogP contribution in [-0.2, 0) is 0 Å². The molecule has 1 aromatic carbocycles. The Labute approximate surface area is 118 Å². The van der Waals surface area contributed by atoms with E-state index in [4.69, 9.17) is 5.73 Å². The van der Waals surface area contributed by atoms with E-state index in [0.29, 0.717) is 12.1 Å². The molecule has 3 nitrogen and oxygen atoms in total. The highest BCUT2D eigenvalue weighted by Gasteiger charge is 2.63. The second kappa shape index (κ2) is 6.15. The van der Waals surface area contributed by atoms with E-state index >= 15 is 0 Å². The number of nitrogens with two attached hydrogens (primary N) is 1. The summed E-state index contributed by atoms with van der Waals surface area (Å²) in [6.07, 6.45) is -13.6. The molecule has 0 aliphatic carbocycles. The third-order valence-corrected chi connectivity index (χ3v) is 2.33. The fourth-order valence-corrected chi connectivity index (χ4v) is 1.34. The molecule has 1 unspecified atom stereocenters. The number of hydrogen-bond donors (Lipinski definition) is 1. The quantitative estimate of drug-likeness (QED) is 0.836. The summed E-state index contributed by atoms with van der Waals surface area (Å²) in [6.45, 7) is -1.16. The Kier molecular flexibility index (Phi) is 5.10. The van der Waals surface area contributed by atoms with Crippen molar-refractivity contribution in [1.29, 1.82) is 0 Å². The molecule has 1 atom stereocenters. The predicted molar refractivity (Wildman–Crippen MR) is 57.6 cm³/mol. The Bertz CT molecular complexity index is 482. The second-order valence-electron chi connectivity index (χ2n) is 3.98. The zero-order valence-electron chi connectivity index (χ0n) is 10.5. The highest BCUT2D eigenvalue weighted by atomic mass is 19.4. The summed E-state index contributed by atoms with van der Waals surface area (Å²) in [4.78, 5) is 0. The molecular weight excluding hydrogens is 330 g/mol. The normalized spacial score (nSPS) is 14.6. The summed E-state index contributed by atoms with van der Waals surface area (Å²) in [5.41, 5.74) is 4.84. The Balaban J connectivity index is 2.85. The van der Waals surface area contributed by atoms with E-state index in [9.17, 15) is 35.1 Å². The summed E-state index contributed by atoms with van der Waals surface area (Å²) in [5.74, 6) is -6.43. The van der Waals surface area contributed by atoms with Gasteiger partial charge in [-0.25, -0.2) is 0 Å². The predicted octanol–water partition coefficient (Wildman–Crippen LogP) is 3.49. The van der Waals surface area contributed by atoms with Crippen molar-refractivity contribution in [2.24, 2.45) is 5.73 Å². The third-order valence-electron chi connectivity index (χ3n) is 2.33. The first-order valence-electron chi connectivity index (χ1n) is 5.54. The minimum Gasteiger partial charge on any atom is -0.482 e. The zero-order chi connectivity index (χ0) is 17.2. The lowest BCUT2D eigenvalue weighted by molar-refractivity contribution is -0.307. The van der Waals surface area contributed by atoms with Gasteiger partial charge in [0, 0.05) is 6.54 Å². The molecule has 0 saturated carbocycles. The van der Waals surface area contributed by atoms with Crippen LogP contribution in [0.5, 0.6) is 11.5 Å². The van der Waals surface area contributed by atoms with Crippen LogP contribution in [0.25, 0.3) is 0 Å². The topological polar surface area (TPSA) is 44.5 Å². The minimum absolute atomic E-state index is 0.520. The van der Waals surface area contributed by atoms with Gasteiger partial charge >= 0.3 is 18.5 Å². The number of ether oxygens (including phenoxy) is 2. The van der Waals surface area contributed by atoms with Crippen LogP contribution < -0.4 is 15.2 Å². The molecule has 0 amide bonds. The second-order valence-corrected chi connectivity index (χ2v) is 3.98. The first kappa shape index (κ1) is 18.3. The first-order valence-corrected chi connectivity index (χ1v) is 5.54. The van der Waals surface area contributed by atoms with Crippen molar-refractivity contribution in [2.45, 2.75) is 24.6 Å². The van der Waals surface area contributed by atoms with Gasteiger partial charge < -0.3 is 15.2 Å². The van der Waals surface area contributed by atoms with Gasteiger partial charge in [-0.2, -0.15) is 22.0 Å². The molecule has 0 aliphatic rings. The van der Waals surface area contributed by atoms with Crippen LogP contribution in [0.2, 0.25) is 0 Å². The lowest BCUT2D eigenvalue weighted by Crippen LogP contribution is -2.53. The molecule has 126 valence electrons. The van der Waals surface area contributed by atoms with Crippen LogP contribution >= 0.6 is 0 Å². The van der Waals surface area contributed by atoms with Crippen LogP contribution in [0.4, 0.5) is 35.1 Å². The van der Waals surface area contributed by atoms with Gasteiger partial charge in [0.1, 0.15) is 11.5 Å². The fraction of sp³-hybridized carbons (Fsp3) is 0.455. The molecule has 0 saturated heterocycles. The van der Waals surface area contributed by atoms with E-state index in [0.717, 1.165) is 12.1 Å². The molecule has 11 heteroatoms. The lowest BCUT2D eigenvalue weighted by atomic mass is 10.1. The highest BCUT2D eigenvalue weighted by Crippen LogP contribution is 2.39. The van der Waals surface area contributed by atoms with Crippen molar-refractivity contribution < 1.29 is 44.6 Å². The van der Waals surface area contributed by atoms with Gasteiger partial charge in [-0.15, -0.1) is 13.2 Å². The molecular formula is C11H9F8NO2. The standard InChI is InChI=1S/C11H9F8NO2/c12-9(13,10(14,15)16)8(5-20)21-6-1-3-7(4-2-6)22-11(17,18)19/h1-4,8H,5,20H2. The molecule has 1 aromatic rings. The molecule has 0 aromatic heterocycles. The highest BCUT2D eigenvalue weighted by molar-refractivity contribution is 5.31. The van der Waals surface area contributed by atoms with Crippen molar-refractivity contribution in [3.05, 3.63) is 24.3 Å². The average molecular weight is 339 g/mol. The molecule has 0 fully saturated rings. The maximum atomic E-state index is 13.1. The number of hydrogen-bond acceptors (Lipinski definition) is 3. The zero-order valence-corrected chi connectivity index (χ0v) is 10.5. The van der Waals surface area contributed by atoms with Crippen molar-refractivity contribution in [3.8, 4) is 11.5 Å². The molecule has 0 bridgehead atoms. The van der Waals surface area contributed by atoms with Gasteiger partial charge in [-0.05, 0) is 24.3 Å². The van der Waals surface area contributed by atoms with Gasteiger partial charge in [0.15, 0.2) is 6.10 Å². The minimum atomic E-state index is -5.88.